The first kappa shape index (κ1) is 18.5. The number of thiazole rings is 1. The van der Waals surface area contributed by atoms with Gasteiger partial charge in [-0.2, -0.15) is 0 Å². The summed E-state index contributed by atoms with van der Waals surface area (Å²) >= 11 is 4.71. The Morgan fingerprint density at radius 1 is 1.26 bits per heavy atom. The van der Waals surface area contributed by atoms with Crippen LogP contribution in [0.1, 0.15) is 28.8 Å². The molecule has 0 spiro atoms. The zero-order valence-corrected chi connectivity index (χ0v) is 17.5. The molecule has 1 aromatic heterocycles. The lowest BCUT2D eigenvalue weighted by molar-refractivity contribution is 0.102. The molecule has 0 radical (unpaired) electrons. The van der Waals surface area contributed by atoms with Gasteiger partial charge in [-0.15, -0.1) is 0 Å². The Balaban J connectivity index is 1.62. The number of aromatic nitrogens is 1. The van der Waals surface area contributed by atoms with Crippen LogP contribution in [-0.2, 0) is 10.0 Å². The first-order valence-corrected chi connectivity index (χ1v) is 11.4. The molecule has 1 saturated carbocycles. The van der Waals surface area contributed by atoms with E-state index in [1.165, 1.54) is 23.5 Å². The van der Waals surface area contributed by atoms with Crippen LogP contribution in [0.5, 0.6) is 0 Å². The van der Waals surface area contributed by atoms with E-state index in [1.807, 2.05) is 25.1 Å². The summed E-state index contributed by atoms with van der Waals surface area (Å²) in [5.74, 6) is -0.415. The van der Waals surface area contributed by atoms with Gasteiger partial charge < -0.3 is 0 Å². The highest BCUT2D eigenvalue weighted by atomic mass is 79.9. The Bertz CT molecular complexity index is 1150. The number of hydrogen-bond acceptors (Lipinski definition) is 5. The zero-order valence-electron chi connectivity index (χ0n) is 14.3. The third kappa shape index (κ3) is 3.91. The molecule has 6 nitrogen and oxygen atoms in total. The minimum Gasteiger partial charge on any atom is -0.298 e. The van der Waals surface area contributed by atoms with Crippen LogP contribution in [0.2, 0.25) is 0 Å². The normalized spacial score (nSPS) is 14.4. The number of benzene rings is 2. The van der Waals surface area contributed by atoms with Gasteiger partial charge in [-0.1, -0.05) is 23.5 Å². The maximum atomic E-state index is 12.7. The monoisotopic (exact) mass is 465 g/mol. The summed E-state index contributed by atoms with van der Waals surface area (Å²) < 4.78 is 28.9. The molecule has 1 aliphatic carbocycles. The predicted octanol–water partition coefficient (Wildman–Crippen LogP) is 4.06. The summed E-state index contributed by atoms with van der Waals surface area (Å²) in [6.07, 6.45) is 1.69. The van der Waals surface area contributed by atoms with Gasteiger partial charge in [0.1, 0.15) is 0 Å². The predicted molar refractivity (Wildman–Crippen MR) is 110 cm³/mol. The van der Waals surface area contributed by atoms with Gasteiger partial charge in [0.25, 0.3) is 5.91 Å². The second-order valence-electron chi connectivity index (χ2n) is 6.43. The number of carbonyl (C=O) groups is 1. The van der Waals surface area contributed by atoms with Crippen LogP contribution in [-0.4, -0.2) is 25.4 Å². The molecule has 1 heterocycles. The Labute approximate surface area is 169 Å². The van der Waals surface area contributed by atoms with Crippen molar-refractivity contribution in [1.29, 1.82) is 0 Å². The van der Waals surface area contributed by atoms with Crippen molar-refractivity contribution in [3.05, 3.63) is 52.0 Å². The summed E-state index contributed by atoms with van der Waals surface area (Å²) in [5, 5.41) is 3.24. The van der Waals surface area contributed by atoms with Crippen molar-refractivity contribution in [2.45, 2.75) is 30.7 Å². The smallest absolute Gasteiger partial charge is 0.258 e. The minimum absolute atomic E-state index is 0.00177. The molecule has 0 aliphatic heterocycles. The third-order valence-electron chi connectivity index (χ3n) is 4.23. The van der Waals surface area contributed by atoms with Gasteiger partial charge in [-0.3, -0.25) is 10.1 Å². The number of para-hydroxylation sites is 1. The molecule has 2 aromatic carbocycles. The van der Waals surface area contributed by atoms with Gasteiger partial charge in [0, 0.05) is 10.5 Å². The van der Waals surface area contributed by atoms with Crippen LogP contribution in [0, 0.1) is 6.92 Å². The van der Waals surface area contributed by atoms with Crippen LogP contribution in [0.3, 0.4) is 0 Å². The van der Waals surface area contributed by atoms with Crippen LogP contribution in [0.15, 0.2) is 45.8 Å². The second-order valence-corrected chi connectivity index (χ2v) is 10.0. The van der Waals surface area contributed by atoms with Gasteiger partial charge in [-0.25, -0.2) is 18.1 Å². The number of carbonyl (C=O) groups excluding carboxylic acids is 1. The summed E-state index contributed by atoms with van der Waals surface area (Å²) in [7, 11) is -3.63. The number of aryl methyl sites for hydroxylation is 1. The van der Waals surface area contributed by atoms with E-state index < -0.39 is 15.9 Å². The SMILES string of the molecule is Cc1cccc2sc(NC(=O)c3cc(S(=O)(=O)NC4CC4)ccc3Br)nc12. The number of hydrogen-bond donors (Lipinski definition) is 2. The topological polar surface area (TPSA) is 88.2 Å². The van der Waals surface area contributed by atoms with Gasteiger partial charge in [-0.05, 0) is 65.5 Å². The Hall–Kier alpha value is -1.81. The average Bonchev–Trinajstić information content (AvgIpc) is 3.31. The fraction of sp³-hybridized carbons (Fsp3) is 0.222. The largest absolute Gasteiger partial charge is 0.298 e. The number of amides is 1. The van der Waals surface area contributed by atoms with Crippen LogP contribution >= 0.6 is 27.3 Å². The molecular weight excluding hydrogens is 450 g/mol. The highest BCUT2D eigenvalue weighted by Gasteiger charge is 2.28. The highest BCUT2D eigenvalue weighted by molar-refractivity contribution is 9.10. The number of anilines is 1. The number of halogens is 1. The van der Waals surface area contributed by atoms with Gasteiger partial charge in [0.15, 0.2) is 5.13 Å². The molecule has 0 unspecified atom stereocenters. The first-order chi connectivity index (χ1) is 12.8. The molecule has 0 saturated heterocycles. The van der Waals surface area contributed by atoms with E-state index in [2.05, 4.69) is 31.0 Å². The summed E-state index contributed by atoms with van der Waals surface area (Å²) in [5.41, 5.74) is 2.12. The molecule has 9 heteroatoms. The standard InChI is InChI=1S/C18H16BrN3O3S2/c1-10-3-2-4-15-16(10)20-18(26-15)21-17(23)13-9-12(7-8-14(13)19)27(24,25)22-11-5-6-11/h2-4,7-9,11,22H,5-6H2,1H3,(H,20,21,23). The summed E-state index contributed by atoms with van der Waals surface area (Å²) in [6, 6.07) is 10.3. The summed E-state index contributed by atoms with van der Waals surface area (Å²) in [4.78, 5) is 17.3. The van der Waals surface area contributed by atoms with Gasteiger partial charge >= 0.3 is 0 Å². The second kappa shape index (κ2) is 6.97. The first-order valence-electron chi connectivity index (χ1n) is 8.33. The summed E-state index contributed by atoms with van der Waals surface area (Å²) in [6.45, 7) is 1.96. The quantitative estimate of drug-likeness (QED) is 0.594. The molecule has 0 atom stereocenters. The number of rotatable bonds is 5. The lowest BCUT2D eigenvalue weighted by Crippen LogP contribution is -2.26. The molecule has 140 valence electrons. The van der Waals surface area contributed by atoms with Crippen molar-refractivity contribution in [2.75, 3.05) is 5.32 Å². The maximum Gasteiger partial charge on any atom is 0.258 e. The number of sulfonamides is 1. The molecule has 2 N–H and O–H groups in total. The van der Waals surface area contributed by atoms with Gasteiger partial charge in [0.05, 0.1) is 20.7 Å². The third-order valence-corrected chi connectivity index (χ3v) is 7.38. The van der Waals surface area contributed by atoms with Gasteiger partial charge in [0.2, 0.25) is 10.0 Å². The number of nitrogens with zero attached hydrogens (tertiary/aromatic N) is 1. The Kier molecular flexibility index (Phi) is 4.79. The van der Waals surface area contributed by atoms with E-state index in [-0.39, 0.29) is 16.5 Å². The number of fused-ring (bicyclic) bond motifs is 1. The Morgan fingerprint density at radius 2 is 2.04 bits per heavy atom. The fourth-order valence-electron chi connectivity index (χ4n) is 2.64. The van der Waals surface area contributed by atoms with Crippen molar-refractivity contribution in [1.82, 2.24) is 9.71 Å². The highest BCUT2D eigenvalue weighted by Crippen LogP contribution is 2.29. The van der Waals surface area contributed by atoms with Crippen LogP contribution in [0.4, 0.5) is 5.13 Å². The minimum atomic E-state index is -3.63. The van der Waals surface area contributed by atoms with E-state index in [0.717, 1.165) is 28.6 Å². The van der Waals surface area contributed by atoms with Crippen LogP contribution < -0.4 is 10.0 Å². The molecule has 4 rings (SSSR count). The molecule has 3 aromatic rings. The zero-order chi connectivity index (χ0) is 19.2. The average molecular weight is 466 g/mol. The lowest BCUT2D eigenvalue weighted by Gasteiger charge is -2.09. The molecular formula is C18H16BrN3O3S2. The Morgan fingerprint density at radius 3 is 2.74 bits per heavy atom. The molecule has 1 amide bonds. The van der Waals surface area contributed by atoms with E-state index >= 15 is 0 Å². The maximum absolute atomic E-state index is 12.7. The van der Waals surface area contributed by atoms with Crippen molar-refractivity contribution >= 4 is 58.5 Å². The van der Waals surface area contributed by atoms with E-state index in [1.54, 1.807) is 6.07 Å². The molecule has 0 bridgehead atoms. The van der Waals surface area contributed by atoms with Crippen molar-refractivity contribution < 1.29 is 13.2 Å². The van der Waals surface area contributed by atoms with E-state index in [9.17, 15) is 13.2 Å². The van der Waals surface area contributed by atoms with Crippen molar-refractivity contribution in [2.24, 2.45) is 0 Å². The fourth-order valence-corrected chi connectivity index (χ4v) is 5.33. The van der Waals surface area contributed by atoms with E-state index in [0.29, 0.717) is 9.60 Å². The molecule has 1 fully saturated rings. The lowest BCUT2D eigenvalue weighted by atomic mass is 10.2. The van der Waals surface area contributed by atoms with E-state index in [4.69, 9.17) is 0 Å². The number of nitrogens with one attached hydrogen (secondary N) is 2. The molecule has 1 aliphatic rings. The van der Waals surface area contributed by atoms with Crippen LogP contribution in [0.25, 0.3) is 10.2 Å². The van der Waals surface area contributed by atoms with Crippen molar-refractivity contribution in [3.8, 4) is 0 Å². The van der Waals surface area contributed by atoms with Crippen molar-refractivity contribution in [3.63, 3.8) is 0 Å². The molecule has 27 heavy (non-hydrogen) atoms.